The lowest BCUT2D eigenvalue weighted by molar-refractivity contribution is -0.384. The number of non-ortho nitro benzene ring substituents is 1. The summed E-state index contributed by atoms with van der Waals surface area (Å²) < 4.78 is 16.0. The third-order valence-corrected chi connectivity index (χ3v) is 4.73. The van der Waals surface area contributed by atoms with Crippen LogP contribution in [-0.2, 0) is 0 Å². The zero-order valence-electron chi connectivity index (χ0n) is 13.9. The van der Waals surface area contributed by atoms with Gasteiger partial charge in [0.1, 0.15) is 0 Å². The molecule has 0 fully saturated rings. The first-order valence-corrected chi connectivity index (χ1v) is 8.12. The molecule has 3 aromatic rings. The number of nitrogens with one attached hydrogen (secondary N) is 1. The minimum Gasteiger partial charge on any atom is -0.493 e. The van der Waals surface area contributed by atoms with Gasteiger partial charge in [-0.3, -0.25) is 10.1 Å². The summed E-state index contributed by atoms with van der Waals surface area (Å²) in [7, 11) is 4.66. The third kappa shape index (κ3) is 3.20. The topological polar surface area (TPSA) is 86.6 Å². The van der Waals surface area contributed by atoms with Crippen molar-refractivity contribution in [1.82, 2.24) is 4.98 Å². The van der Waals surface area contributed by atoms with Crippen molar-refractivity contribution in [1.29, 1.82) is 0 Å². The van der Waals surface area contributed by atoms with E-state index >= 15 is 0 Å². The standard InChI is InChI=1S/C17H16N2O5S/c1-22-14-7-11(8-15(23-2)17(14)24-3)25-16-9-18-13-5-4-10(19(20)21)6-12(13)16/h4-9,18H,1-3H3. The zero-order valence-corrected chi connectivity index (χ0v) is 14.7. The van der Waals surface area contributed by atoms with Crippen LogP contribution in [0.15, 0.2) is 46.3 Å². The molecule has 0 amide bonds. The average Bonchev–Trinajstić information content (AvgIpc) is 3.02. The second-order valence-electron chi connectivity index (χ2n) is 5.10. The molecular formula is C17H16N2O5S. The molecule has 0 unspecified atom stereocenters. The molecule has 0 aliphatic heterocycles. The van der Waals surface area contributed by atoms with Crippen molar-refractivity contribution in [3.63, 3.8) is 0 Å². The van der Waals surface area contributed by atoms with Crippen LogP contribution in [0.25, 0.3) is 10.9 Å². The van der Waals surface area contributed by atoms with Crippen LogP contribution in [0.3, 0.4) is 0 Å². The first-order valence-electron chi connectivity index (χ1n) is 7.30. The van der Waals surface area contributed by atoms with Crippen LogP contribution in [0.4, 0.5) is 5.69 Å². The van der Waals surface area contributed by atoms with E-state index in [-0.39, 0.29) is 5.69 Å². The Hall–Kier alpha value is -2.87. The Bertz CT molecular complexity index is 913. The van der Waals surface area contributed by atoms with E-state index in [9.17, 15) is 10.1 Å². The fourth-order valence-corrected chi connectivity index (χ4v) is 3.51. The van der Waals surface area contributed by atoms with Crippen LogP contribution in [0.5, 0.6) is 17.2 Å². The lowest BCUT2D eigenvalue weighted by Gasteiger charge is -2.13. The molecule has 0 atom stereocenters. The van der Waals surface area contributed by atoms with Gasteiger partial charge in [0.2, 0.25) is 5.75 Å². The maximum atomic E-state index is 11.0. The monoisotopic (exact) mass is 360 g/mol. The summed E-state index contributed by atoms with van der Waals surface area (Å²) in [5, 5.41) is 11.8. The van der Waals surface area contributed by atoms with Gasteiger partial charge in [0.15, 0.2) is 11.5 Å². The minimum atomic E-state index is -0.402. The van der Waals surface area contributed by atoms with E-state index < -0.39 is 4.92 Å². The molecule has 0 aliphatic rings. The van der Waals surface area contributed by atoms with Crippen LogP contribution < -0.4 is 14.2 Å². The number of H-pyrrole nitrogens is 1. The van der Waals surface area contributed by atoms with Crippen LogP contribution in [0, 0.1) is 10.1 Å². The predicted molar refractivity (Wildman–Crippen MR) is 95.2 cm³/mol. The summed E-state index contributed by atoms with van der Waals surface area (Å²) in [6.07, 6.45) is 1.82. The van der Waals surface area contributed by atoms with Gasteiger partial charge in [-0.15, -0.1) is 0 Å². The Morgan fingerprint density at radius 3 is 2.28 bits per heavy atom. The molecule has 1 aromatic heterocycles. The van der Waals surface area contributed by atoms with Crippen molar-refractivity contribution in [2.75, 3.05) is 21.3 Å². The highest BCUT2D eigenvalue weighted by Crippen LogP contribution is 2.44. The van der Waals surface area contributed by atoms with Gasteiger partial charge in [0.05, 0.1) is 26.3 Å². The molecule has 0 saturated carbocycles. The fraction of sp³-hybridized carbons (Fsp3) is 0.176. The molecule has 25 heavy (non-hydrogen) atoms. The number of methoxy groups -OCH3 is 3. The highest BCUT2D eigenvalue weighted by Gasteiger charge is 2.16. The second kappa shape index (κ2) is 6.94. The number of ether oxygens (including phenoxy) is 3. The maximum Gasteiger partial charge on any atom is 0.270 e. The second-order valence-corrected chi connectivity index (χ2v) is 6.22. The number of hydrogen-bond acceptors (Lipinski definition) is 6. The molecule has 1 heterocycles. The summed E-state index contributed by atoms with van der Waals surface area (Å²) in [4.78, 5) is 15.5. The number of hydrogen-bond donors (Lipinski definition) is 1. The van der Waals surface area contributed by atoms with Gasteiger partial charge >= 0.3 is 0 Å². The highest BCUT2D eigenvalue weighted by atomic mass is 32.2. The molecule has 2 aromatic carbocycles. The van der Waals surface area contributed by atoms with Crippen LogP contribution in [0.2, 0.25) is 0 Å². The van der Waals surface area contributed by atoms with Gasteiger partial charge in [0, 0.05) is 39.0 Å². The molecule has 1 N–H and O–H groups in total. The molecule has 0 saturated heterocycles. The average molecular weight is 360 g/mol. The molecule has 8 heteroatoms. The van der Waals surface area contributed by atoms with E-state index in [1.54, 1.807) is 33.5 Å². The van der Waals surface area contributed by atoms with Gasteiger partial charge < -0.3 is 19.2 Å². The largest absolute Gasteiger partial charge is 0.493 e. The van der Waals surface area contributed by atoms with Gasteiger partial charge in [-0.25, -0.2) is 0 Å². The quantitative estimate of drug-likeness (QED) is 0.522. The first kappa shape index (κ1) is 17.0. The molecule has 0 bridgehead atoms. The smallest absolute Gasteiger partial charge is 0.270 e. The third-order valence-electron chi connectivity index (χ3n) is 3.70. The lowest BCUT2D eigenvalue weighted by atomic mass is 10.2. The summed E-state index contributed by atoms with van der Waals surface area (Å²) in [6, 6.07) is 8.41. The van der Waals surface area contributed by atoms with E-state index in [0.29, 0.717) is 17.2 Å². The Kier molecular flexibility index (Phi) is 4.71. The number of rotatable bonds is 6. The van der Waals surface area contributed by atoms with Gasteiger partial charge in [-0.05, 0) is 18.2 Å². The summed E-state index contributed by atoms with van der Waals surface area (Å²) in [5.74, 6) is 1.62. The summed E-state index contributed by atoms with van der Waals surface area (Å²) in [5.41, 5.74) is 0.888. The van der Waals surface area contributed by atoms with Gasteiger partial charge in [-0.1, -0.05) is 11.8 Å². The Morgan fingerprint density at radius 1 is 1.04 bits per heavy atom. The van der Waals surface area contributed by atoms with Gasteiger partial charge in [0.25, 0.3) is 5.69 Å². The Morgan fingerprint density at radius 2 is 1.72 bits per heavy atom. The number of aromatic nitrogens is 1. The molecule has 0 radical (unpaired) electrons. The van der Waals surface area contributed by atoms with Crippen molar-refractivity contribution >= 4 is 28.4 Å². The van der Waals surface area contributed by atoms with Crippen molar-refractivity contribution < 1.29 is 19.1 Å². The molecule has 7 nitrogen and oxygen atoms in total. The molecule has 0 aliphatic carbocycles. The maximum absolute atomic E-state index is 11.0. The number of aromatic amines is 1. The minimum absolute atomic E-state index is 0.0545. The van der Waals surface area contributed by atoms with Crippen LogP contribution >= 0.6 is 11.8 Å². The van der Waals surface area contributed by atoms with Gasteiger partial charge in [-0.2, -0.15) is 0 Å². The van der Waals surface area contributed by atoms with Crippen LogP contribution in [-0.4, -0.2) is 31.2 Å². The number of benzene rings is 2. The molecule has 3 rings (SSSR count). The number of nitro benzene ring substituents is 1. The Labute approximate surface area is 148 Å². The van der Waals surface area contributed by atoms with E-state index in [2.05, 4.69) is 4.98 Å². The number of fused-ring (bicyclic) bond motifs is 1. The van der Waals surface area contributed by atoms with E-state index in [0.717, 1.165) is 20.7 Å². The van der Waals surface area contributed by atoms with Crippen LogP contribution in [0.1, 0.15) is 0 Å². The number of nitrogens with zero attached hydrogens (tertiary/aromatic N) is 1. The van der Waals surface area contributed by atoms with Crippen molar-refractivity contribution in [3.05, 3.63) is 46.6 Å². The van der Waals surface area contributed by atoms with Crippen molar-refractivity contribution in [3.8, 4) is 17.2 Å². The van der Waals surface area contributed by atoms with Crippen molar-refractivity contribution in [2.24, 2.45) is 0 Å². The molecule has 0 spiro atoms. The SMILES string of the molecule is COc1cc(Sc2c[nH]c3ccc([N+](=O)[O-])cc23)cc(OC)c1OC. The highest BCUT2D eigenvalue weighted by molar-refractivity contribution is 7.99. The van der Waals surface area contributed by atoms with E-state index in [1.165, 1.54) is 17.8 Å². The van der Waals surface area contributed by atoms with E-state index in [1.807, 2.05) is 18.3 Å². The molecule has 130 valence electrons. The normalized spacial score (nSPS) is 10.7. The first-order chi connectivity index (χ1) is 12.1. The zero-order chi connectivity index (χ0) is 18.0. The fourth-order valence-electron chi connectivity index (χ4n) is 2.52. The summed E-state index contributed by atoms with van der Waals surface area (Å²) >= 11 is 1.45. The van der Waals surface area contributed by atoms with Crippen molar-refractivity contribution in [2.45, 2.75) is 9.79 Å². The lowest BCUT2D eigenvalue weighted by Crippen LogP contribution is -1.95. The number of nitro groups is 1. The van der Waals surface area contributed by atoms with E-state index in [4.69, 9.17) is 14.2 Å². The molecular weight excluding hydrogens is 344 g/mol. The Balaban J connectivity index is 2.04. The predicted octanol–water partition coefficient (Wildman–Crippen LogP) is 4.25. The summed E-state index contributed by atoms with van der Waals surface area (Å²) in [6.45, 7) is 0.